The van der Waals surface area contributed by atoms with Crippen molar-refractivity contribution < 1.29 is 13.5 Å². The van der Waals surface area contributed by atoms with Crippen molar-refractivity contribution in [3.05, 3.63) is 59.2 Å². The van der Waals surface area contributed by atoms with E-state index in [-0.39, 0.29) is 11.6 Å². The molecule has 0 heterocycles. The van der Waals surface area contributed by atoms with Crippen LogP contribution in [0.1, 0.15) is 11.1 Å². The molecule has 1 N–H and O–H groups in total. The average molecular weight is 263 g/mol. The molecule has 0 spiro atoms. The van der Waals surface area contributed by atoms with Crippen molar-refractivity contribution in [3.63, 3.8) is 0 Å². The fraction of sp³-hybridized carbons (Fsp3) is 0.200. The fourth-order valence-corrected chi connectivity index (χ4v) is 1.74. The minimum atomic E-state index is -0.326. The molecule has 2 aromatic rings. The highest BCUT2D eigenvalue weighted by atomic mass is 19.1. The fourth-order valence-electron chi connectivity index (χ4n) is 1.74. The first-order valence-corrected chi connectivity index (χ1v) is 5.97. The normalized spacial score (nSPS) is 10.5. The highest BCUT2D eigenvalue weighted by Crippen LogP contribution is 2.27. The second-order valence-electron chi connectivity index (χ2n) is 4.30. The van der Waals surface area contributed by atoms with Crippen molar-refractivity contribution in [1.82, 2.24) is 5.32 Å². The molecule has 0 aromatic heterocycles. The van der Waals surface area contributed by atoms with E-state index in [0.717, 1.165) is 0 Å². The Labute approximate surface area is 111 Å². The van der Waals surface area contributed by atoms with Crippen LogP contribution >= 0.6 is 0 Å². The summed E-state index contributed by atoms with van der Waals surface area (Å²) in [4.78, 5) is 0. The summed E-state index contributed by atoms with van der Waals surface area (Å²) in [7, 11) is 1.76. The molecule has 0 aliphatic carbocycles. The van der Waals surface area contributed by atoms with E-state index >= 15 is 0 Å². The predicted octanol–water partition coefficient (Wildman–Crippen LogP) is 3.78. The minimum Gasteiger partial charge on any atom is -0.457 e. The molecule has 0 bridgehead atoms. The largest absolute Gasteiger partial charge is 0.457 e. The Morgan fingerprint density at radius 2 is 1.89 bits per heavy atom. The van der Waals surface area contributed by atoms with E-state index in [1.54, 1.807) is 32.2 Å². The lowest BCUT2D eigenvalue weighted by Gasteiger charge is -2.11. The molecule has 100 valence electrons. The first-order chi connectivity index (χ1) is 9.10. The van der Waals surface area contributed by atoms with E-state index in [2.05, 4.69) is 5.32 Å². The highest BCUT2D eigenvalue weighted by Gasteiger charge is 2.07. The molecule has 0 atom stereocenters. The SMILES string of the molecule is CNCc1cc(F)ccc1Oc1ccc(C)c(F)c1. The van der Waals surface area contributed by atoms with Crippen molar-refractivity contribution in [1.29, 1.82) is 0 Å². The standard InChI is InChI=1S/C15H15F2NO/c1-10-3-5-13(8-14(10)17)19-15-6-4-12(16)7-11(15)9-18-2/h3-8,18H,9H2,1-2H3. The maximum Gasteiger partial charge on any atom is 0.132 e. The zero-order valence-electron chi connectivity index (χ0n) is 10.8. The van der Waals surface area contributed by atoms with E-state index in [0.29, 0.717) is 29.2 Å². The van der Waals surface area contributed by atoms with Crippen LogP contribution in [0.4, 0.5) is 8.78 Å². The minimum absolute atomic E-state index is 0.324. The number of hydrogen-bond acceptors (Lipinski definition) is 2. The quantitative estimate of drug-likeness (QED) is 0.906. The number of nitrogens with one attached hydrogen (secondary N) is 1. The molecule has 0 unspecified atom stereocenters. The van der Waals surface area contributed by atoms with E-state index < -0.39 is 0 Å². The monoisotopic (exact) mass is 263 g/mol. The maximum absolute atomic E-state index is 13.4. The van der Waals surface area contributed by atoms with Gasteiger partial charge in [0, 0.05) is 18.2 Å². The molecule has 0 aliphatic rings. The lowest BCUT2D eigenvalue weighted by molar-refractivity contribution is 0.466. The Bertz CT molecular complexity index is 584. The van der Waals surface area contributed by atoms with Gasteiger partial charge in [-0.1, -0.05) is 6.07 Å². The van der Waals surface area contributed by atoms with Crippen molar-refractivity contribution in [2.45, 2.75) is 13.5 Å². The Balaban J connectivity index is 2.29. The Hall–Kier alpha value is -1.94. The third kappa shape index (κ3) is 3.29. The van der Waals surface area contributed by atoms with E-state index in [1.807, 2.05) is 0 Å². The molecule has 19 heavy (non-hydrogen) atoms. The Morgan fingerprint density at radius 3 is 2.58 bits per heavy atom. The first-order valence-electron chi connectivity index (χ1n) is 5.97. The van der Waals surface area contributed by atoms with E-state index in [9.17, 15) is 8.78 Å². The van der Waals surface area contributed by atoms with Gasteiger partial charge in [0.1, 0.15) is 23.1 Å². The molecule has 0 saturated heterocycles. The van der Waals surface area contributed by atoms with Gasteiger partial charge in [0.05, 0.1) is 0 Å². The van der Waals surface area contributed by atoms with Gasteiger partial charge in [-0.05, 0) is 43.8 Å². The zero-order chi connectivity index (χ0) is 13.8. The molecule has 0 amide bonds. The van der Waals surface area contributed by atoms with Crippen LogP contribution in [-0.4, -0.2) is 7.05 Å². The Kier molecular flexibility index (Phi) is 4.12. The van der Waals surface area contributed by atoms with Gasteiger partial charge in [-0.2, -0.15) is 0 Å². The number of benzene rings is 2. The molecule has 2 rings (SSSR count). The van der Waals surface area contributed by atoms with Crippen LogP contribution in [0.2, 0.25) is 0 Å². The van der Waals surface area contributed by atoms with Gasteiger partial charge in [-0.3, -0.25) is 0 Å². The smallest absolute Gasteiger partial charge is 0.132 e. The summed E-state index contributed by atoms with van der Waals surface area (Å²) >= 11 is 0. The first kappa shape index (κ1) is 13.5. The molecule has 0 fully saturated rings. The van der Waals surface area contributed by atoms with Crippen molar-refractivity contribution >= 4 is 0 Å². The summed E-state index contributed by atoms with van der Waals surface area (Å²) in [5.41, 5.74) is 1.24. The summed E-state index contributed by atoms with van der Waals surface area (Å²) in [6, 6.07) is 8.91. The molecule has 0 radical (unpaired) electrons. The summed E-state index contributed by atoms with van der Waals surface area (Å²) in [5, 5.41) is 2.94. The van der Waals surface area contributed by atoms with Crippen LogP contribution in [0.5, 0.6) is 11.5 Å². The number of halogens is 2. The van der Waals surface area contributed by atoms with Gasteiger partial charge in [0.15, 0.2) is 0 Å². The lowest BCUT2D eigenvalue weighted by Crippen LogP contribution is -2.06. The number of hydrogen-bond donors (Lipinski definition) is 1. The Morgan fingerprint density at radius 1 is 1.11 bits per heavy atom. The van der Waals surface area contributed by atoms with Crippen LogP contribution in [-0.2, 0) is 6.54 Å². The second-order valence-corrected chi connectivity index (χ2v) is 4.30. The van der Waals surface area contributed by atoms with Gasteiger partial charge < -0.3 is 10.1 Å². The number of aryl methyl sites for hydroxylation is 1. The van der Waals surface area contributed by atoms with Crippen molar-refractivity contribution in [2.75, 3.05) is 7.05 Å². The van der Waals surface area contributed by atoms with Crippen LogP contribution in [0, 0.1) is 18.6 Å². The zero-order valence-corrected chi connectivity index (χ0v) is 10.8. The third-order valence-electron chi connectivity index (χ3n) is 2.76. The van der Waals surface area contributed by atoms with Crippen LogP contribution in [0.25, 0.3) is 0 Å². The van der Waals surface area contributed by atoms with E-state index in [4.69, 9.17) is 4.74 Å². The topological polar surface area (TPSA) is 21.3 Å². The lowest BCUT2D eigenvalue weighted by atomic mass is 10.2. The molecule has 2 nitrogen and oxygen atoms in total. The predicted molar refractivity (Wildman–Crippen MR) is 70.4 cm³/mol. The summed E-state index contributed by atoms with van der Waals surface area (Å²) < 4.78 is 32.2. The van der Waals surface area contributed by atoms with Crippen LogP contribution in [0.3, 0.4) is 0 Å². The summed E-state index contributed by atoms with van der Waals surface area (Å²) in [6.07, 6.45) is 0. The van der Waals surface area contributed by atoms with Crippen LogP contribution in [0.15, 0.2) is 36.4 Å². The average Bonchev–Trinajstić information content (AvgIpc) is 2.37. The molecular weight excluding hydrogens is 248 g/mol. The molecular formula is C15H15F2NO. The third-order valence-corrected chi connectivity index (χ3v) is 2.76. The van der Waals surface area contributed by atoms with Gasteiger partial charge in [-0.25, -0.2) is 8.78 Å². The van der Waals surface area contributed by atoms with E-state index in [1.165, 1.54) is 18.2 Å². The molecule has 0 aliphatic heterocycles. The second kappa shape index (κ2) is 5.80. The summed E-state index contributed by atoms with van der Waals surface area (Å²) in [5.74, 6) is 0.258. The molecule has 2 aromatic carbocycles. The number of ether oxygens (including phenoxy) is 1. The van der Waals surface area contributed by atoms with Gasteiger partial charge in [-0.15, -0.1) is 0 Å². The number of rotatable bonds is 4. The molecule has 0 saturated carbocycles. The summed E-state index contributed by atoms with van der Waals surface area (Å²) in [6.45, 7) is 2.16. The molecule has 4 heteroatoms. The van der Waals surface area contributed by atoms with Crippen molar-refractivity contribution in [3.8, 4) is 11.5 Å². The van der Waals surface area contributed by atoms with Crippen molar-refractivity contribution in [2.24, 2.45) is 0 Å². The maximum atomic E-state index is 13.4. The van der Waals surface area contributed by atoms with Gasteiger partial charge >= 0.3 is 0 Å². The van der Waals surface area contributed by atoms with Gasteiger partial charge in [0.2, 0.25) is 0 Å². The van der Waals surface area contributed by atoms with Crippen LogP contribution < -0.4 is 10.1 Å². The highest BCUT2D eigenvalue weighted by molar-refractivity contribution is 5.39. The van der Waals surface area contributed by atoms with Gasteiger partial charge in [0.25, 0.3) is 0 Å².